The lowest BCUT2D eigenvalue weighted by Crippen LogP contribution is -2.18. The molecule has 1 heterocycles. The summed E-state index contributed by atoms with van der Waals surface area (Å²) in [4.78, 5) is 0. The lowest BCUT2D eigenvalue weighted by molar-refractivity contribution is 0.351. The van der Waals surface area contributed by atoms with Crippen molar-refractivity contribution < 1.29 is 4.74 Å². The summed E-state index contributed by atoms with van der Waals surface area (Å²) in [5, 5.41) is 4.33. The molecular weight excluding hydrogens is 350 g/mol. The normalized spacial score (nSPS) is 14.6. The first-order chi connectivity index (χ1) is 10.1. The average molecular weight is 367 g/mol. The Morgan fingerprint density at radius 2 is 2.14 bits per heavy atom. The second-order valence-electron chi connectivity index (χ2n) is 5.28. The number of nitrogens with one attached hydrogen (secondary N) is 1. The van der Waals surface area contributed by atoms with Crippen molar-refractivity contribution in [1.82, 2.24) is 5.32 Å². The van der Waals surface area contributed by atoms with Crippen LogP contribution in [0.4, 0.5) is 0 Å². The molecule has 3 rings (SSSR count). The molecule has 0 spiro atoms. The van der Waals surface area contributed by atoms with Gasteiger partial charge in [-0.05, 0) is 36.2 Å². The van der Waals surface area contributed by atoms with Crippen molar-refractivity contribution in [3.63, 3.8) is 0 Å². The summed E-state index contributed by atoms with van der Waals surface area (Å²) in [6.45, 7) is 3.65. The van der Waals surface area contributed by atoms with E-state index in [0.717, 1.165) is 40.4 Å². The van der Waals surface area contributed by atoms with Crippen molar-refractivity contribution in [2.45, 2.75) is 25.9 Å². The van der Waals surface area contributed by atoms with Crippen LogP contribution >= 0.6 is 27.5 Å². The maximum atomic E-state index is 6.20. The number of hydrogen-bond acceptors (Lipinski definition) is 2. The van der Waals surface area contributed by atoms with Crippen molar-refractivity contribution in [2.24, 2.45) is 0 Å². The molecule has 2 aromatic carbocycles. The first-order valence-electron chi connectivity index (χ1n) is 7.07. The average Bonchev–Trinajstić information content (AvgIpc) is 2.93. The van der Waals surface area contributed by atoms with Gasteiger partial charge >= 0.3 is 0 Å². The van der Waals surface area contributed by atoms with Gasteiger partial charge in [0, 0.05) is 34.1 Å². The van der Waals surface area contributed by atoms with Crippen LogP contribution in [-0.2, 0) is 13.0 Å². The van der Waals surface area contributed by atoms with Gasteiger partial charge in [-0.15, -0.1) is 0 Å². The Morgan fingerprint density at radius 3 is 2.95 bits per heavy atom. The number of halogens is 2. The number of ether oxygens (including phenoxy) is 1. The summed E-state index contributed by atoms with van der Waals surface area (Å²) >= 11 is 9.79. The van der Waals surface area contributed by atoms with Crippen LogP contribution in [0.3, 0.4) is 0 Å². The molecule has 0 fully saturated rings. The maximum absolute atomic E-state index is 6.20. The van der Waals surface area contributed by atoms with Gasteiger partial charge in [0.05, 0.1) is 6.61 Å². The SMILES string of the molecule is C[C@H](NCc1cc(Cl)cc2c1OCC2)c1ccccc1Br. The monoisotopic (exact) mass is 365 g/mol. The Labute approximate surface area is 138 Å². The van der Waals surface area contributed by atoms with Crippen LogP contribution < -0.4 is 10.1 Å². The summed E-state index contributed by atoms with van der Waals surface area (Å²) in [5.74, 6) is 1.01. The highest BCUT2D eigenvalue weighted by atomic mass is 79.9. The molecule has 0 unspecified atom stereocenters. The largest absolute Gasteiger partial charge is 0.493 e. The summed E-state index contributed by atoms with van der Waals surface area (Å²) in [6, 6.07) is 12.5. The molecule has 21 heavy (non-hydrogen) atoms. The summed E-state index contributed by atoms with van der Waals surface area (Å²) in [6.07, 6.45) is 0.947. The van der Waals surface area contributed by atoms with Crippen LogP contribution in [0.2, 0.25) is 5.02 Å². The predicted molar refractivity (Wildman–Crippen MR) is 90.0 cm³/mol. The topological polar surface area (TPSA) is 21.3 Å². The number of hydrogen-bond donors (Lipinski definition) is 1. The first-order valence-corrected chi connectivity index (χ1v) is 8.24. The summed E-state index contributed by atoms with van der Waals surface area (Å²) in [7, 11) is 0. The third-order valence-corrected chi connectivity index (χ3v) is 4.74. The van der Waals surface area contributed by atoms with E-state index in [4.69, 9.17) is 16.3 Å². The Hall–Kier alpha value is -1.03. The van der Waals surface area contributed by atoms with Gasteiger partial charge in [-0.2, -0.15) is 0 Å². The fraction of sp³-hybridized carbons (Fsp3) is 0.294. The minimum Gasteiger partial charge on any atom is -0.493 e. The van der Waals surface area contributed by atoms with Crippen molar-refractivity contribution in [2.75, 3.05) is 6.61 Å². The smallest absolute Gasteiger partial charge is 0.127 e. The quantitative estimate of drug-likeness (QED) is 0.832. The van der Waals surface area contributed by atoms with Crippen molar-refractivity contribution in [3.05, 3.63) is 62.6 Å². The molecule has 4 heteroatoms. The van der Waals surface area contributed by atoms with Gasteiger partial charge in [0.1, 0.15) is 5.75 Å². The highest BCUT2D eigenvalue weighted by molar-refractivity contribution is 9.10. The van der Waals surface area contributed by atoms with E-state index in [-0.39, 0.29) is 6.04 Å². The first kappa shape index (κ1) is 14.9. The Kier molecular flexibility index (Phi) is 4.53. The Bertz CT molecular complexity index is 659. The molecule has 1 N–H and O–H groups in total. The molecule has 2 nitrogen and oxygen atoms in total. The van der Waals surface area contributed by atoms with E-state index in [1.54, 1.807) is 0 Å². The van der Waals surface area contributed by atoms with Crippen LogP contribution in [0.5, 0.6) is 5.75 Å². The zero-order valence-electron chi connectivity index (χ0n) is 11.8. The van der Waals surface area contributed by atoms with Crippen molar-refractivity contribution in [3.8, 4) is 5.75 Å². The molecule has 0 aromatic heterocycles. The molecular formula is C17H17BrClNO. The number of fused-ring (bicyclic) bond motifs is 1. The van der Waals surface area contributed by atoms with Gasteiger partial charge in [0.2, 0.25) is 0 Å². The minimum absolute atomic E-state index is 0.247. The van der Waals surface area contributed by atoms with E-state index in [9.17, 15) is 0 Å². The molecule has 2 aromatic rings. The lowest BCUT2D eigenvalue weighted by Gasteiger charge is -2.17. The molecule has 0 bridgehead atoms. The fourth-order valence-electron chi connectivity index (χ4n) is 2.68. The zero-order chi connectivity index (χ0) is 14.8. The van der Waals surface area contributed by atoms with E-state index >= 15 is 0 Å². The number of rotatable bonds is 4. The molecule has 0 aliphatic carbocycles. The Balaban J connectivity index is 1.75. The third-order valence-electron chi connectivity index (χ3n) is 3.80. The van der Waals surface area contributed by atoms with E-state index in [1.165, 1.54) is 11.1 Å². The molecule has 110 valence electrons. The summed E-state index contributed by atoms with van der Waals surface area (Å²) in [5.41, 5.74) is 3.60. The van der Waals surface area contributed by atoms with Crippen LogP contribution in [0.15, 0.2) is 40.9 Å². The Morgan fingerprint density at radius 1 is 1.33 bits per heavy atom. The molecule has 0 saturated carbocycles. The van der Waals surface area contributed by atoms with Crippen molar-refractivity contribution >= 4 is 27.5 Å². The molecule has 1 aliphatic heterocycles. The van der Waals surface area contributed by atoms with Gasteiger partial charge in [-0.25, -0.2) is 0 Å². The highest BCUT2D eigenvalue weighted by Gasteiger charge is 2.18. The second kappa shape index (κ2) is 6.39. The minimum atomic E-state index is 0.247. The lowest BCUT2D eigenvalue weighted by atomic mass is 10.1. The number of benzene rings is 2. The van der Waals surface area contributed by atoms with Crippen LogP contribution in [0, 0.1) is 0 Å². The van der Waals surface area contributed by atoms with E-state index in [2.05, 4.69) is 46.4 Å². The molecule has 1 atom stereocenters. The third kappa shape index (κ3) is 3.25. The van der Waals surface area contributed by atoms with E-state index in [1.807, 2.05) is 18.2 Å². The van der Waals surface area contributed by atoms with Crippen molar-refractivity contribution in [1.29, 1.82) is 0 Å². The zero-order valence-corrected chi connectivity index (χ0v) is 14.2. The van der Waals surface area contributed by atoms with Gasteiger partial charge in [-0.1, -0.05) is 45.7 Å². The standard InChI is InChI=1S/C17H17BrClNO/c1-11(15-4-2-3-5-16(15)18)20-10-13-9-14(19)8-12-6-7-21-17(12)13/h2-5,8-9,11,20H,6-7,10H2,1H3/t11-/m0/s1. The van der Waals surface area contributed by atoms with Gasteiger partial charge in [0.25, 0.3) is 0 Å². The van der Waals surface area contributed by atoms with Crippen LogP contribution in [-0.4, -0.2) is 6.61 Å². The molecule has 0 radical (unpaired) electrons. The molecule has 0 amide bonds. The summed E-state index contributed by atoms with van der Waals surface area (Å²) < 4.78 is 6.86. The molecule has 0 saturated heterocycles. The maximum Gasteiger partial charge on any atom is 0.127 e. The second-order valence-corrected chi connectivity index (χ2v) is 6.57. The fourth-order valence-corrected chi connectivity index (χ4v) is 3.57. The van der Waals surface area contributed by atoms with E-state index in [0.29, 0.717) is 0 Å². The van der Waals surface area contributed by atoms with Crippen LogP contribution in [0.1, 0.15) is 29.7 Å². The van der Waals surface area contributed by atoms with Crippen LogP contribution in [0.25, 0.3) is 0 Å². The van der Waals surface area contributed by atoms with Gasteiger partial charge in [-0.3, -0.25) is 0 Å². The van der Waals surface area contributed by atoms with E-state index < -0.39 is 0 Å². The van der Waals surface area contributed by atoms with Gasteiger partial charge < -0.3 is 10.1 Å². The molecule has 1 aliphatic rings. The van der Waals surface area contributed by atoms with Gasteiger partial charge in [0.15, 0.2) is 0 Å². The predicted octanol–water partition coefficient (Wildman–Crippen LogP) is 4.89. The highest BCUT2D eigenvalue weighted by Crippen LogP contribution is 2.33.